The molecule has 0 atom stereocenters. The maximum absolute atomic E-state index is 12.3. The number of ether oxygens (including phenoxy) is 1. The number of anilines is 1. The number of carbonyl (C=O) groups is 3. The van der Waals surface area contributed by atoms with Crippen molar-refractivity contribution in [1.82, 2.24) is 4.90 Å². The van der Waals surface area contributed by atoms with Gasteiger partial charge in [-0.1, -0.05) is 0 Å². The van der Waals surface area contributed by atoms with Crippen molar-refractivity contribution in [1.29, 1.82) is 0 Å². The summed E-state index contributed by atoms with van der Waals surface area (Å²) in [6.45, 7) is 1.36. The van der Waals surface area contributed by atoms with Crippen LogP contribution in [0.15, 0.2) is 18.2 Å². The Kier molecular flexibility index (Phi) is 5.53. The molecule has 0 unspecified atom stereocenters. The van der Waals surface area contributed by atoms with Gasteiger partial charge in [0.05, 0.1) is 6.61 Å². The predicted octanol–water partition coefficient (Wildman–Crippen LogP) is -0.920. The van der Waals surface area contributed by atoms with E-state index in [0.29, 0.717) is 18.0 Å². The molecule has 6 N–H and O–H groups in total. The zero-order valence-corrected chi connectivity index (χ0v) is 11.7. The maximum Gasteiger partial charge on any atom is 0.255 e. The zero-order valence-electron chi connectivity index (χ0n) is 11.7. The number of nitrogens with zero attached hydrogens (tertiary/aromatic N) is 1. The van der Waals surface area contributed by atoms with E-state index in [1.54, 1.807) is 13.0 Å². The fourth-order valence-electron chi connectivity index (χ4n) is 1.75. The van der Waals surface area contributed by atoms with E-state index in [9.17, 15) is 14.4 Å². The molecule has 0 bridgehead atoms. The van der Waals surface area contributed by atoms with E-state index in [1.165, 1.54) is 12.1 Å². The summed E-state index contributed by atoms with van der Waals surface area (Å²) in [4.78, 5) is 35.3. The van der Waals surface area contributed by atoms with Crippen LogP contribution in [0, 0.1) is 0 Å². The van der Waals surface area contributed by atoms with E-state index < -0.39 is 30.8 Å². The number of benzene rings is 1. The number of nitrogens with two attached hydrogens (primary N) is 3. The number of amides is 3. The topological polar surface area (TPSA) is 142 Å². The summed E-state index contributed by atoms with van der Waals surface area (Å²) < 4.78 is 5.29. The minimum atomic E-state index is -0.751. The summed E-state index contributed by atoms with van der Waals surface area (Å²) in [5.74, 6) is -1.67. The molecule has 0 aliphatic rings. The lowest BCUT2D eigenvalue weighted by Gasteiger charge is -2.20. The Bertz CT molecular complexity index is 543. The summed E-state index contributed by atoms with van der Waals surface area (Å²) in [6, 6.07) is 4.45. The van der Waals surface area contributed by atoms with Crippen LogP contribution >= 0.6 is 0 Å². The van der Waals surface area contributed by atoms with Crippen LogP contribution < -0.4 is 21.9 Å². The van der Waals surface area contributed by atoms with Gasteiger partial charge in [0.15, 0.2) is 0 Å². The number of primary amides is 2. The van der Waals surface area contributed by atoms with E-state index in [1.807, 2.05) is 0 Å². The fraction of sp³-hybridized carbons (Fsp3) is 0.308. The highest BCUT2D eigenvalue weighted by atomic mass is 16.5. The lowest BCUT2D eigenvalue weighted by atomic mass is 10.1. The normalized spacial score (nSPS) is 9.95. The average molecular weight is 294 g/mol. The lowest BCUT2D eigenvalue weighted by Crippen LogP contribution is -2.43. The molecule has 0 saturated carbocycles. The van der Waals surface area contributed by atoms with E-state index in [0.717, 1.165) is 4.90 Å². The Morgan fingerprint density at radius 2 is 1.67 bits per heavy atom. The third kappa shape index (κ3) is 5.01. The molecule has 114 valence electrons. The van der Waals surface area contributed by atoms with Crippen LogP contribution in [0.25, 0.3) is 0 Å². The first kappa shape index (κ1) is 16.3. The van der Waals surface area contributed by atoms with Crippen molar-refractivity contribution < 1.29 is 19.1 Å². The van der Waals surface area contributed by atoms with Crippen LogP contribution in [0.5, 0.6) is 5.75 Å². The van der Waals surface area contributed by atoms with Crippen molar-refractivity contribution in [3.8, 4) is 5.75 Å². The fourth-order valence-corrected chi connectivity index (χ4v) is 1.75. The van der Waals surface area contributed by atoms with Gasteiger partial charge in [-0.25, -0.2) is 0 Å². The quantitative estimate of drug-likeness (QED) is 0.557. The molecule has 8 heteroatoms. The van der Waals surface area contributed by atoms with Gasteiger partial charge in [-0.15, -0.1) is 0 Å². The number of hydrogen-bond acceptors (Lipinski definition) is 5. The van der Waals surface area contributed by atoms with Gasteiger partial charge < -0.3 is 26.8 Å². The Labute approximate surface area is 121 Å². The van der Waals surface area contributed by atoms with Gasteiger partial charge in [0.25, 0.3) is 5.91 Å². The molecule has 3 amide bonds. The number of hydrogen-bond donors (Lipinski definition) is 3. The molecular weight excluding hydrogens is 276 g/mol. The van der Waals surface area contributed by atoms with Crippen molar-refractivity contribution in [2.45, 2.75) is 6.92 Å². The third-order valence-electron chi connectivity index (χ3n) is 2.47. The lowest BCUT2D eigenvalue weighted by molar-refractivity contribution is -0.121. The number of nitrogen functional groups attached to an aromatic ring is 1. The van der Waals surface area contributed by atoms with Crippen LogP contribution in [0.4, 0.5) is 5.69 Å². The van der Waals surface area contributed by atoms with E-state index in [-0.39, 0.29) is 5.56 Å². The van der Waals surface area contributed by atoms with Gasteiger partial charge in [-0.3, -0.25) is 14.4 Å². The molecule has 0 radical (unpaired) electrons. The number of carbonyl (C=O) groups excluding carboxylic acids is 3. The third-order valence-corrected chi connectivity index (χ3v) is 2.47. The Morgan fingerprint density at radius 1 is 1.10 bits per heavy atom. The van der Waals surface area contributed by atoms with Crippen LogP contribution in [-0.2, 0) is 9.59 Å². The molecule has 1 aromatic rings. The number of rotatable bonds is 7. The minimum Gasteiger partial charge on any atom is -0.494 e. The van der Waals surface area contributed by atoms with E-state index >= 15 is 0 Å². The molecule has 0 fully saturated rings. The molecule has 21 heavy (non-hydrogen) atoms. The van der Waals surface area contributed by atoms with Crippen LogP contribution in [0.2, 0.25) is 0 Å². The summed E-state index contributed by atoms with van der Waals surface area (Å²) in [5, 5.41) is 0. The molecule has 0 aromatic heterocycles. The summed E-state index contributed by atoms with van der Waals surface area (Å²) in [6.07, 6.45) is 0. The zero-order chi connectivity index (χ0) is 16.0. The Morgan fingerprint density at radius 3 is 2.14 bits per heavy atom. The molecule has 0 aliphatic carbocycles. The first-order valence-electron chi connectivity index (χ1n) is 6.22. The van der Waals surface area contributed by atoms with Gasteiger partial charge in [0.2, 0.25) is 11.8 Å². The van der Waals surface area contributed by atoms with Crippen molar-refractivity contribution in [3.05, 3.63) is 23.8 Å². The molecule has 1 rings (SSSR count). The van der Waals surface area contributed by atoms with E-state index in [4.69, 9.17) is 21.9 Å². The summed E-state index contributed by atoms with van der Waals surface area (Å²) >= 11 is 0. The SMILES string of the molecule is CCOc1cc(N)cc(C(=O)N(CC(N)=O)CC(N)=O)c1. The first-order valence-corrected chi connectivity index (χ1v) is 6.22. The summed E-state index contributed by atoms with van der Waals surface area (Å²) in [5.41, 5.74) is 16.3. The minimum absolute atomic E-state index is 0.181. The van der Waals surface area contributed by atoms with Crippen molar-refractivity contribution in [2.75, 3.05) is 25.4 Å². The largest absolute Gasteiger partial charge is 0.494 e. The molecule has 0 spiro atoms. The van der Waals surface area contributed by atoms with Crippen LogP contribution in [-0.4, -0.2) is 42.3 Å². The van der Waals surface area contributed by atoms with Crippen LogP contribution in [0.3, 0.4) is 0 Å². The van der Waals surface area contributed by atoms with Gasteiger partial charge in [-0.05, 0) is 19.1 Å². The van der Waals surface area contributed by atoms with Gasteiger partial charge in [0, 0.05) is 17.3 Å². The molecule has 0 saturated heterocycles. The molecule has 1 aromatic carbocycles. The maximum atomic E-state index is 12.3. The van der Waals surface area contributed by atoms with Gasteiger partial charge >= 0.3 is 0 Å². The standard InChI is InChI=1S/C13H18N4O4/c1-2-21-10-4-8(3-9(14)5-10)13(20)17(6-11(15)18)7-12(16)19/h3-5H,2,6-7,14H2,1H3,(H2,15,18)(H2,16,19). The monoisotopic (exact) mass is 294 g/mol. The van der Waals surface area contributed by atoms with Crippen molar-refractivity contribution in [3.63, 3.8) is 0 Å². The van der Waals surface area contributed by atoms with Gasteiger partial charge in [-0.2, -0.15) is 0 Å². The highest BCUT2D eigenvalue weighted by Gasteiger charge is 2.20. The van der Waals surface area contributed by atoms with Gasteiger partial charge in [0.1, 0.15) is 18.8 Å². The Balaban J connectivity index is 3.06. The second kappa shape index (κ2) is 7.13. The molecule has 8 nitrogen and oxygen atoms in total. The smallest absolute Gasteiger partial charge is 0.255 e. The molecule has 0 aliphatic heterocycles. The van der Waals surface area contributed by atoms with Crippen molar-refractivity contribution in [2.24, 2.45) is 11.5 Å². The highest BCUT2D eigenvalue weighted by molar-refractivity contribution is 5.99. The summed E-state index contributed by atoms with van der Waals surface area (Å²) in [7, 11) is 0. The van der Waals surface area contributed by atoms with Crippen LogP contribution in [0.1, 0.15) is 17.3 Å². The molecule has 0 heterocycles. The molecular formula is C13H18N4O4. The highest BCUT2D eigenvalue weighted by Crippen LogP contribution is 2.20. The first-order chi connectivity index (χ1) is 9.83. The predicted molar refractivity (Wildman–Crippen MR) is 76.3 cm³/mol. The van der Waals surface area contributed by atoms with Crippen molar-refractivity contribution >= 4 is 23.4 Å². The average Bonchev–Trinajstić information content (AvgIpc) is 2.35. The second-order valence-corrected chi connectivity index (χ2v) is 4.32. The Hall–Kier alpha value is -2.77. The second-order valence-electron chi connectivity index (χ2n) is 4.32. The van der Waals surface area contributed by atoms with E-state index in [2.05, 4.69) is 0 Å².